The molecule has 2 amide bonds. The summed E-state index contributed by atoms with van der Waals surface area (Å²) in [5, 5.41) is 5.67. The van der Waals surface area contributed by atoms with E-state index in [2.05, 4.69) is 20.6 Å². The van der Waals surface area contributed by atoms with Crippen molar-refractivity contribution < 1.29 is 14.0 Å². The number of anilines is 1. The van der Waals surface area contributed by atoms with E-state index in [4.69, 9.17) is 0 Å². The first kappa shape index (κ1) is 20.9. The Morgan fingerprint density at radius 1 is 1.16 bits per heavy atom. The van der Waals surface area contributed by atoms with Crippen molar-refractivity contribution in [1.29, 1.82) is 0 Å². The van der Waals surface area contributed by atoms with Gasteiger partial charge in [0.1, 0.15) is 5.82 Å². The fourth-order valence-electron chi connectivity index (χ4n) is 3.74. The molecule has 160 valence electrons. The average molecular weight is 421 g/mol. The van der Waals surface area contributed by atoms with E-state index in [1.165, 1.54) is 12.1 Å². The Bertz CT molecular complexity index is 1150. The predicted molar refractivity (Wildman–Crippen MR) is 116 cm³/mol. The van der Waals surface area contributed by atoms with E-state index in [9.17, 15) is 14.0 Å². The number of piperazine rings is 1. The molecule has 1 aliphatic rings. The minimum atomic E-state index is -0.623. The van der Waals surface area contributed by atoms with Gasteiger partial charge in [0.05, 0.1) is 34.9 Å². The molecule has 1 aromatic heterocycles. The molecular weight excluding hydrogens is 397 g/mol. The lowest BCUT2D eigenvalue weighted by Gasteiger charge is -2.34. The summed E-state index contributed by atoms with van der Waals surface area (Å²) in [6, 6.07) is 11.0. The van der Waals surface area contributed by atoms with Gasteiger partial charge in [0.2, 0.25) is 11.8 Å². The fourth-order valence-corrected chi connectivity index (χ4v) is 3.74. The average Bonchev–Trinajstić information content (AvgIpc) is 2.72. The molecule has 1 unspecified atom stereocenters. The van der Waals surface area contributed by atoms with E-state index < -0.39 is 6.04 Å². The molecule has 7 nitrogen and oxygen atoms in total. The first-order chi connectivity index (χ1) is 14.9. The van der Waals surface area contributed by atoms with Crippen molar-refractivity contribution in [3.05, 3.63) is 65.2 Å². The molecular formula is C23H24FN5O2. The maximum atomic E-state index is 13.5. The van der Waals surface area contributed by atoms with Crippen LogP contribution in [0.25, 0.3) is 11.0 Å². The van der Waals surface area contributed by atoms with Crippen molar-refractivity contribution in [3.63, 3.8) is 0 Å². The van der Waals surface area contributed by atoms with Gasteiger partial charge in [0.25, 0.3) is 0 Å². The predicted octanol–water partition coefficient (Wildman–Crippen LogP) is 2.71. The zero-order chi connectivity index (χ0) is 22.0. The Morgan fingerprint density at radius 2 is 1.94 bits per heavy atom. The van der Waals surface area contributed by atoms with Gasteiger partial charge >= 0.3 is 0 Å². The molecule has 3 aromatic rings. The number of nitrogens with one attached hydrogen (secondary N) is 2. The maximum absolute atomic E-state index is 13.5. The highest BCUT2D eigenvalue weighted by Crippen LogP contribution is 2.19. The number of carbonyl (C=O) groups excluding carboxylic acids is 2. The van der Waals surface area contributed by atoms with Crippen LogP contribution in [0.1, 0.15) is 23.4 Å². The smallest absolute Gasteiger partial charge is 0.237 e. The summed E-state index contributed by atoms with van der Waals surface area (Å²) in [4.78, 5) is 36.1. The van der Waals surface area contributed by atoms with Gasteiger partial charge in [-0.1, -0.05) is 12.1 Å². The SMILES string of the molecule is Cc1nc2ccc(NC(=O)CC3C(=O)NCCN3Cc3cccc(F)c3)cc2nc1C. The van der Waals surface area contributed by atoms with Crippen molar-refractivity contribution in [2.24, 2.45) is 0 Å². The third kappa shape index (κ3) is 4.86. The molecule has 0 radical (unpaired) electrons. The van der Waals surface area contributed by atoms with Gasteiger partial charge < -0.3 is 10.6 Å². The van der Waals surface area contributed by atoms with Gasteiger partial charge in [0.15, 0.2) is 0 Å². The fraction of sp³-hybridized carbons (Fsp3) is 0.304. The number of hydrogen-bond acceptors (Lipinski definition) is 5. The summed E-state index contributed by atoms with van der Waals surface area (Å²) in [6.45, 7) is 5.27. The number of nitrogens with zero attached hydrogens (tertiary/aromatic N) is 3. The number of rotatable bonds is 5. The van der Waals surface area contributed by atoms with Gasteiger partial charge in [-0.25, -0.2) is 14.4 Å². The second-order valence-electron chi connectivity index (χ2n) is 7.76. The Kier molecular flexibility index (Phi) is 5.90. The van der Waals surface area contributed by atoms with E-state index in [1.807, 2.05) is 30.9 Å². The summed E-state index contributed by atoms with van der Waals surface area (Å²) in [7, 11) is 0. The lowest BCUT2D eigenvalue weighted by atomic mass is 10.1. The molecule has 1 fully saturated rings. The van der Waals surface area contributed by atoms with E-state index in [0.717, 1.165) is 22.5 Å². The number of benzene rings is 2. The Hall–Kier alpha value is -3.39. The van der Waals surface area contributed by atoms with Gasteiger partial charge in [-0.05, 0) is 49.7 Å². The molecule has 2 aromatic carbocycles. The maximum Gasteiger partial charge on any atom is 0.237 e. The quantitative estimate of drug-likeness (QED) is 0.662. The number of carbonyl (C=O) groups is 2. The second-order valence-corrected chi connectivity index (χ2v) is 7.76. The van der Waals surface area contributed by atoms with Crippen LogP contribution in [0.3, 0.4) is 0 Å². The number of fused-ring (bicyclic) bond motifs is 1. The van der Waals surface area contributed by atoms with Gasteiger partial charge in [-0.15, -0.1) is 0 Å². The molecule has 2 N–H and O–H groups in total. The first-order valence-corrected chi connectivity index (χ1v) is 10.2. The number of aromatic nitrogens is 2. The molecule has 8 heteroatoms. The monoisotopic (exact) mass is 421 g/mol. The molecule has 1 atom stereocenters. The molecule has 1 aliphatic heterocycles. The summed E-state index contributed by atoms with van der Waals surface area (Å²) >= 11 is 0. The van der Waals surface area contributed by atoms with Crippen molar-refractivity contribution >= 4 is 28.5 Å². The van der Waals surface area contributed by atoms with E-state index in [1.54, 1.807) is 18.2 Å². The molecule has 2 heterocycles. The number of amides is 2. The highest BCUT2D eigenvalue weighted by molar-refractivity contribution is 5.96. The summed E-state index contributed by atoms with van der Waals surface area (Å²) < 4.78 is 13.5. The number of hydrogen-bond donors (Lipinski definition) is 2. The topological polar surface area (TPSA) is 87.2 Å². The van der Waals surface area contributed by atoms with E-state index >= 15 is 0 Å². The zero-order valence-corrected chi connectivity index (χ0v) is 17.5. The molecule has 31 heavy (non-hydrogen) atoms. The van der Waals surface area contributed by atoms with Gasteiger partial charge in [0, 0.05) is 25.3 Å². The van der Waals surface area contributed by atoms with Crippen LogP contribution in [0.4, 0.5) is 10.1 Å². The Labute approximate surface area is 179 Å². The lowest BCUT2D eigenvalue weighted by molar-refractivity contribution is -0.132. The highest BCUT2D eigenvalue weighted by atomic mass is 19.1. The lowest BCUT2D eigenvalue weighted by Crippen LogP contribution is -2.55. The van der Waals surface area contributed by atoms with E-state index in [0.29, 0.717) is 30.8 Å². The number of halogens is 1. The Morgan fingerprint density at radius 3 is 2.71 bits per heavy atom. The summed E-state index contributed by atoms with van der Waals surface area (Å²) in [5.41, 5.74) is 4.52. The molecule has 0 saturated carbocycles. The van der Waals surface area contributed by atoms with Crippen LogP contribution in [0.5, 0.6) is 0 Å². The normalized spacial score (nSPS) is 16.9. The summed E-state index contributed by atoms with van der Waals surface area (Å²) in [6.07, 6.45) is -0.00219. The molecule has 0 bridgehead atoms. The van der Waals surface area contributed by atoms with Crippen LogP contribution >= 0.6 is 0 Å². The number of aryl methyl sites for hydroxylation is 2. The third-order valence-corrected chi connectivity index (χ3v) is 5.45. The molecule has 1 saturated heterocycles. The van der Waals surface area contributed by atoms with Crippen LogP contribution in [0.2, 0.25) is 0 Å². The molecule has 4 rings (SSSR count). The Balaban J connectivity index is 1.47. The second kappa shape index (κ2) is 8.77. The standard InChI is InChI=1S/C23H24FN5O2/c1-14-15(2)27-20-11-18(6-7-19(20)26-14)28-22(30)12-21-23(31)25-8-9-29(21)13-16-4-3-5-17(24)10-16/h3-7,10-11,21H,8-9,12-13H2,1-2H3,(H,25,31)(H,28,30). The summed E-state index contributed by atoms with van der Waals surface area (Å²) in [5.74, 6) is -0.797. The van der Waals surface area contributed by atoms with Crippen molar-refractivity contribution in [1.82, 2.24) is 20.2 Å². The van der Waals surface area contributed by atoms with Crippen LogP contribution in [-0.4, -0.2) is 45.8 Å². The highest BCUT2D eigenvalue weighted by Gasteiger charge is 2.31. The van der Waals surface area contributed by atoms with Crippen LogP contribution in [-0.2, 0) is 16.1 Å². The molecule has 0 spiro atoms. The zero-order valence-electron chi connectivity index (χ0n) is 17.5. The largest absolute Gasteiger partial charge is 0.353 e. The molecule has 0 aliphatic carbocycles. The minimum absolute atomic E-state index is 0.00219. The third-order valence-electron chi connectivity index (χ3n) is 5.45. The van der Waals surface area contributed by atoms with Crippen molar-refractivity contribution in [2.75, 3.05) is 18.4 Å². The van der Waals surface area contributed by atoms with E-state index in [-0.39, 0.29) is 24.1 Å². The van der Waals surface area contributed by atoms with Crippen LogP contribution in [0.15, 0.2) is 42.5 Å². The van der Waals surface area contributed by atoms with Crippen LogP contribution in [0, 0.1) is 19.7 Å². The van der Waals surface area contributed by atoms with Gasteiger partial charge in [-0.2, -0.15) is 0 Å². The van der Waals surface area contributed by atoms with Crippen molar-refractivity contribution in [3.8, 4) is 0 Å². The first-order valence-electron chi connectivity index (χ1n) is 10.2. The van der Waals surface area contributed by atoms with Crippen LogP contribution < -0.4 is 10.6 Å². The van der Waals surface area contributed by atoms with Gasteiger partial charge in [-0.3, -0.25) is 14.5 Å². The van der Waals surface area contributed by atoms with Crippen molar-refractivity contribution in [2.45, 2.75) is 32.9 Å². The minimum Gasteiger partial charge on any atom is -0.353 e.